The summed E-state index contributed by atoms with van der Waals surface area (Å²) in [6, 6.07) is 3.61. The second kappa shape index (κ2) is 4.65. The lowest BCUT2D eigenvalue weighted by Gasteiger charge is -2.13. The summed E-state index contributed by atoms with van der Waals surface area (Å²) in [6.45, 7) is 2.11. The highest BCUT2D eigenvalue weighted by Crippen LogP contribution is 2.41. The topological polar surface area (TPSA) is 69.6 Å². The van der Waals surface area contributed by atoms with Crippen LogP contribution in [0.2, 0.25) is 10.0 Å². The first-order valence-electron chi connectivity index (χ1n) is 6.10. The van der Waals surface area contributed by atoms with E-state index in [9.17, 15) is 0 Å². The number of aromatic nitrogens is 4. The molecule has 1 aromatic heterocycles. The van der Waals surface area contributed by atoms with Gasteiger partial charge in [0.25, 0.3) is 0 Å². The van der Waals surface area contributed by atoms with E-state index in [0.29, 0.717) is 33.0 Å². The van der Waals surface area contributed by atoms with Gasteiger partial charge in [-0.1, -0.05) is 23.2 Å². The average molecular weight is 298 g/mol. The van der Waals surface area contributed by atoms with Crippen LogP contribution >= 0.6 is 23.2 Å². The van der Waals surface area contributed by atoms with E-state index >= 15 is 0 Å². The third-order valence-electron chi connectivity index (χ3n) is 3.47. The van der Waals surface area contributed by atoms with E-state index in [-0.39, 0.29) is 6.04 Å². The van der Waals surface area contributed by atoms with Crippen molar-refractivity contribution in [2.24, 2.45) is 5.92 Å². The Kier molecular flexibility index (Phi) is 3.11. The molecule has 2 aromatic rings. The number of tetrazole rings is 1. The van der Waals surface area contributed by atoms with Gasteiger partial charge in [-0.05, 0) is 48.2 Å². The molecule has 1 aromatic carbocycles. The molecule has 1 fully saturated rings. The molecule has 2 N–H and O–H groups in total. The van der Waals surface area contributed by atoms with Crippen molar-refractivity contribution in [3.8, 4) is 11.4 Å². The van der Waals surface area contributed by atoms with Gasteiger partial charge >= 0.3 is 0 Å². The van der Waals surface area contributed by atoms with Gasteiger partial charge < -0.3 is 5.73 Å². The molecule has 0 spiro atoms. The molecule has 7 heteroatoms. The van der Waals surface area contributed by atoms with Crippen LogP contribution in [0.15, 0.2) is 12.1 Å². The molecule has 1 aliphatic carbocycles. The van der Waals surface area contributed by atoms with Crippen LogP contribution in [0.5, 0.6) is 0 Å². The number of hydrogen-bond donors (Lipinski definition) is 1. The van der Waals surface area contributed by atoms with Gasteiger partial charge in [-0.3, -0.25) is 0 Å². The maximum atomic E-state index is 6.23. The monoisotopic (exact) mass is 297 g/mol. The highest BCUT2D eigenvalue weighted by atomic mass is 35.5. The Morgan fingerprint density at radius 1 is 1.37 bits per heavy atom. The maximum Gasteiger partial charge on any atom is 0.183 e. The molecule has 1 unspecified atom stereocenters. The molecule has 0 amide bonds. The van der Waals surface area contributed by atoms with Crippen LogP contribution in [0.1, 0.15) is 25.8 Å². The van der Waals surface area contributed by atoms with Crippen LogP contribution in [0.3, 0.4) is 0 Å². The molecule has 0 radical (unpaired) electrons. The highest BCUT2D eigenvalue weighted by molar-refractivity contribution is 6.43. The number of nitrogens with zero attached hydrogens (tertiary/aromatic N) is 4. The number of hydrogen-bond acceptors (Lipinski definition) is 4. The van der Waals surface area contributed by atoms with Crippen molar-refractivity contribution in [3.05, 3.63) is 22.2 Å². The Balaban J connectivity index is 2.10. The molecular formula is C12H13Cl2N5. The first-order chi connectivity index (χ1) is 9.08. The normalized spacial score (nSPS) is 16.6. The Morgan fingerprint density at radius 3 is 2.79 bits per heavy atom. The Labute approximate surface area is 120 Å². The fourth-order valence-corrected chi connectivity index (χ4v) is 2.62. The standard InChI is InChI=1S/C12H13Cl2N5/c1-6(7-2-3-7)19-12(16-17-18-19)9-4-8(15)5-10(13)11(9)14/h4-7H,2-3,15H2,1H3. The predicted molar refractivity (Wildman–Crippen MR) is 75.1 cm³/mol. The summed E-state index contributed by atoms with van der Waals surface area (Å²) >= 11 is 12.3. The Bertz CT molecular complexity index is 621. The van der Waals surface area contributed by atoms with E-state index in [4.69, 9.17) is 28.9 Å². The molecular weight excluding hydrogens is 285 g/mol. The fraction of sp³-hybridized carbons (Fsp3) is 0.417. The van der Waals surface area contributed by atoms with Crippen LogP contribution in [-0.4, -0.2) is 20.2 Å². The van der Waals surface area contributed by atoms with Gasteiger partial charge in [0.2, 0.25) is 0 Å². The lowest BCUT2D eigenvalue weighted by atomic mass is 10.1. The number of benzene rings is 1. The van der Waals surface area contributed by atoms with E-state index in [1.807, 2.05) is 0 Å². The summed E-state index contributed by atoms with van der Waals surface area (Å²) in [7, 11) is 0. The lowest BCUT2D eigenvalue weighted by Crippen LogP contribution is -2.11. The first-order valence-corrected chi connectivity index (χ1v) is 6.86. The molecule has 1 atom stereocenters. The Morgan fingerprint density at radius 2 is 2.11 bits per heavy atom. The van der Waals surface area contributed by atoms with E-state index < -0.39 is 0 Å². The average Bonchev–Trinajstić information content (AvgIpc) is 3.10. The van der Waals surface area contributed by atoms with Gasteiger partial charge in [-0.25, -0.2) is 4.68 Å². The maximum absolute atomic E-state index is 6.23. The summed E-state index contributed by atoms with van der Waals surface area (Å²) < 4.78 is 1.80. The van der Waals surface area contributed by atoms with Crippen LogP contribution in [0.4, 0.5) is 5.69 Å². The second-order valence-electron chi connectivity index (χ2n) is 4.89. The van der Waals surface area contributed by atoms with Crippen LogP contribution in [-0.2, 0) is 0 Å². The molecule has 1 heterocycles. The third-order valence-corrected chi connectivity index (χ3v) is 4.28. The highest BCUT2D eigenvalue weighted by Gasteiger charge is 2.32. The molecule has 5 nitrogen and oxygen atoms in total. The minimum Gasteiger partial charge on any atom is -0.399 e. The van der Waals surface area contributed by atoms with Gasteiger partial charge in [0, 0.05) is 11.3 Å². The molecule has 0 bridgehead atoms. The number of halogens is 2. The van der Waals surface area contributed by atoms with Crippen molar-refractivity contribution < 1.29 is 0 Å². The summed E-state index contributed by atoms with van der Waals surface area (Å²) in [5.41, 5.74) is 7.02. The molecule has 19 heavy (non-hydrogen) atoms. The zero-order valence-electron chi connectivity index (χ0n) is 10.3. The van der Waals surface area contributed by atoms with Gasteiger partial charge in [-0.15, -0.1) is 5.10 Å². The van der Waals surface area contributed by atoms with Crippen molar-refractivity contribution >= 4 is 28.9 Å². The number of nitrogens with two attached hydrogens (primary N) is 1. The van der Waals surface area contributed by atoms with E-state index in [1.54, 1.807) is 16.8 Å². The zero-order chi connectivity index (χ0) is 13.6. The Hall–Kier alpha value is -1.33. The number of rotatable bonds is 3. The molecule has 3 rings (SSSR count). The largest absolute Gasteiger partial charge is 0.399 e. The summed E-state index contributed by atoms with van der Waals surface area (Å²) in [6.07, 6.45) is 2.43. The van der Waals surface area contributed by atoms with Gasteiger partial charge in [0.05, 0.1) is 16.1 Å². The molecule has 0 saturated heterocycles. The van der Waals surface area contributed by atoms with Crippen molar-refractivity contribution in [2.45, 2.75) is 25.8 Å². The van der Waals surface area contributed by atoms with E-state index in [0.717, 1.165) is 0 Å². The predicted octanol–water partition coefficient (Wildman–Crippen LogP) is 3.20. The minimum absolute atomic E-state index is 0.251. The second-order valence-corrected chi connectivity index (χ2v) is 5.67. The zero-order valence-corrected chi connectivity index (χ0v) is 11.9. The van der Waals surface area contributed by atoms with Crippen molar-refractivity contribution in [2.75, 3.05) is 5.73 Å². The van der Waals surface area contributed by atoms with Crippen molar-refractivity contribution in [1.82, 2.24) is 20.2 Å². The molecule has 0 aliphatic heterocycles. The third kappa shape index (κ3) is 2.28. The van der Waals surface area contributed by atoms with Crippen molar-refractivity contribution in [3.63, 3.8) is 0 Å². The number of nitrogen functional groups attached to an aromatic ring is 1. The fourth-order valence-electron chi connectivity index (χ4n) is 2.20. The van der Waals surface area contributed by atoms with E-state index in [2.05, 4.69) is 22.4 Å². The quantitative estimate of drug-likeness (QED) is 0.883. The van der Waals surface area contributed by atoms with Gasteiger partial charge in [-0.2, -0.15) is 0 Å². The van der Waals surface area contributed by atoms with Crippen LogP contribution < -0.4 is 5.73 Å². The first kappa shape index (κ1) is 12.7. The van der Waals surface area contributed by atoms with Crippen molar-refractivity contribution in [1.29, 1.82) is 0 Å². The summed E-state index contributed by atoms with van der Waals surface area (Å²) in [5.74, 6) is 1.25. The SMILES string of the molecule is CC(C1CC1)n1nnnc1-c1cc(N)cc(Cl)c1Cl. The number of anilines is 1. The lowest BCUT2D eigenvalue weighted by molar-refractivity contribution is 0.433. The molecule has 1 saturated carbocycles. The minimum atomic E-state index is 0.251. The van der Waals surface area contributed by atoms with E-state index in [1.165, 1.54) is 12.8 Å². The van der Waals surface area contributed by atoms with Gasteiger partial charge in [0.15, 0.2) is 5.82 Å². The van der Waals surface area contributed by atoms with Crippen LogP contribution in [0, 0.1) is 5.92 Å². The summed E-state index contributed by atoms with van der Waals surface area (Å²) in [5, 5.41) is 12.7. The summed E-state index contributed by atoms with van der Waals surface area (Å²) in [4.78, 5) is 0. The van der Waals surface area contributed by atoms with Crippen LogP contribution in [0.25, 0.3) is 11.4 Å². The molecule has 1 aliphatic rings. The van der Waals surface area contributed by atoms with Gasteiger partial charge in [0.1, 0.15) is 0 Å². The smallest absolute Gasteiger partial charge is 0.183 e. The molecule has 100 valence electrons.